The summed E-state index contributed by atoms with van der Waals surface area (Å²) < 4.78 is 10.5. The number of para-hydroxylation sites is 1. The Balaban J connectivity index is 1.83. The van der Waals surface area contributed by atoms with Crippen molar-refractivity contribution in [2.24, 2.45) is 5.10 Å². The molecular weight excluding hydrogens is 362 g/mol. The zero-order chi connectivity index (χ0) is 19.3. The van der Waals surface area contributed by atoms with Gasteiger partial charge in [0.25, 0.3) is 0 Å². The Morgan fingerprint density at radius 3 is 2.89 bits per heavy atom. The predicted octanol–water partition coefficient (Wildman–Crippen LogP) is 4.65. The van der Waals surface area contributed by atoms with Gasteiger partial charge in [0.05, 0.1) is 32.0 Å². The molecule has 0 unspecified atom stereocenters. The Labute approximate surface area is 164 Å². The number of nitrogens with zero attached hydrogens (tertiary/aromatic N) is 2. The van der Waals surface area contributed by atoms with Crippen LogP contribution in [0.5, 0.6) is 5.75 Å². The van der Waals surface area contributed by atoms with Gasteiger partial charge in [-0.3, -0.25) is 10.2 Å². The molecule has 0 amide bonds. The molecule has 0 atom stereocenters. The topological polar surface area (TPSA) is 72.8 Å². The number of nitrogens with one attached hydrogen (secondary N) is 1. The number of rotatable bonds is 12. The number of anilines is 1. The molecule has 0 aliphatic rings. The fraction of sp³-hybridized carbons (Fsp3) is 0.450. The van der Waals surface area contributed by atoms with Crippen LogP contribution in [0.4, 0.5) is 5.13 Å². The highest BCUT2D eigenvalue weighted by Crippen LogP contribution is 2.18. The number of ether oxygens (including phenoxy) is 2. The second-order valence-corrected chi connectivity index (χ2v) is 6.93. The number of thiazole rings is 1. The van der Waals surface area contributed by atoms with Crippen LogP contribution in [-0.4, -0.2) is 30.9 Å². The Hall–Kier alpha value is -2.41. The summed E-state index contributed by atoms with van der Waals surface area (Å²) in [5.74, 6) is 0.514. The van der Waals surface area contributed by atoms with Gasteiger partial charge in [0.1, 0.15) is 5.75 Å². The van der Waals surface area contributed by atoms with Crippen LogP contribution in [0.15, 0.2) is 34.7 Å². The normalized spacial score (nSPS) is 10.9. The second-order valence-electron chi connectivity index (χ2n) is 6.07. The van der Waals surface area contributed by atoms with Crippen molar-refractivity contribution in [3.63, 3.8) is 0 Å². The molecule has 7 heteroatoms. The van der Waals surface area contributed by atoms with Crippen LogP contribution in [0.2, 0.25) is 0 Å². The Bertz CT molecular complexity index is 731. The van der Waals surface area contributed by atoms with Gasteiger partial charge in [-0.05, 0) is 18.6 Å². The number of carbonyl (C=O) groups excluding carboxylic acids is 1. The van der Waals surface area contributed by atoms with Gasteiger partial charge in [-0.2, -0.15) is 5.10 Å². The van der Waals surface area contributed by atoms with E-state index < -0.39 is 0 Å². The molecule has 0 spiro atoms. The van der Waals surface area contributed by atoms with Crippen LogP contribution in [0.3, 0.4) is 0 Å². The van der Waals surface area contributed by atoms with E-state index in [1.165, 1.54) is 44.1 Å². The molecule has 2 rings (SSSR count). The van der Waals surface area contributed by atoms with Crippen molar-refractivity contribution in [1.29, 1.82) is 0 Å². The monoisotopic (exact) mass is 389 g/mol. The summed E-state index contributed by atoms with van der Waals surface area (Å²) in [6.45, 7) is 2.93. The molecule has 0 saturated carbocycles. The van der Waals surface area contributed by atoms with E-state index in [9.17, 15) is 4.79 Å². The molecule has 27 heavy (non-hydrogen) atoms. The minimum Gasteiger partial charge on any atom is -0.493 e. The van der Waals surface area contributed by atoms with Crippen LogP contribution in [0.1, 0.15) is 50.3 Å². The SMILES string of the molecule is CCCCCCCOc1ccccc1/C=N\Nc1nc(CC(=O)OC)cs1. The third-order valence-electron chi connectivity index (χ3n) is 3.89. The first kappa shape index (κ1) is 20.9. The molecule has 1 heterocycles. The van der Waals surface area contributed by atoms with Gasteiger partial charge in [-0.15, -0.1) is 11.3 Å². The first-order valence-electron chi connectivity index (χ1n) is 9.25. The highest BCUT2D eigenvalue weighted by Gasteiger charge is 2.07. The fourth-order valence-electron chi connectivity index (χ4n) is 2.42. The molecular formula is C20H27N3O3S. The number of carbonyl (C=O) groups is 1. The number of unbranched alkanes of at least 4 members (excludes halogenated alkanes) is 4. The predicted molar refractivity (Wildman–Crippen MR) is 110 cm³/mol. The molecule has 0 aliphatic carbocycles. The van der Waals surface area contributed by atoms with E-state index in [0.717, 1.165) is 17.7 Å². The number of benzene rings is 1. The van der Waals surface area contributed by atoms with E-state index in [0.29, 0.717) is 17.4 Å². The number of aromatic nitrogens is 1. The maximum atomic E-state index is 11.3. The van der Waals surface area contributed by atoms with Crippen molar-refractivity contribution in [1.82, 2.24) is 4.98 Å². The first-order chi connectivity index (χ1) is 13.2. The molecule has 1 aromatic heterocycles. The van der Waals surface area contributed by atoms with E-state index in [1.807, 2.05) is 29.6 Å². The molecule has 0 radical (unpaired) electrons. The van der Waals surface area contributed by atoms with Gasteiger partial charge in [-0.25, -0.2) is 4.98 Å². The van der Waals surface area contributed by atoms with Crippen LogP contribution >= 0.6 is 11.3 Å². The van der Waals surface area contributed by atoms with E-state index in [1.54, 1.807) is 6.21 Å². The van der Waals surface area contributed by atoms with Crippen molar-refractivity contribution >= 4 is 28.7 Å². The Morgan fingerprint density at radius 1 is 1.26 bits per heavy atom. The van der Waals surface area contributed by atoms with Crippen molar-refractivity contribution in [2.75, 3.05) is 19.1 Å². The molecule has 0 aliphatic heterocycles. The van der Waals surface area contributed by atoms with Crippen molar-refractivity contribution in [2.45, 2.75) is 45.4 Å². The minimum absolute atomic E-state index is 0.160. The first-order valence-corrected chi connectivity index (χ1v) is 10.1. The summed E-state index contributed by atoms with van der Waals surface area (Å²) in [4.78, 5) is 15.6. The van der Waals surface area contributed by atoms with Gasteiger partial charge in [0.2, 0.25) is 5.13 Å². The number of esters is 1. The lowest BCUT2D eigenvalue weighted by Gasteiger charge is -2.08. The third kappa shape index (κ3) is 7.78. The molecule has 0 fully saturated rings. The standard InChI is InChI=1S/C20H27N3O3S/c1-3-4-5-6-9-12-26-18-11-8-7-10-16(18)14-21-23-20-22-17(15-27-20)13-19(24)25-2/h7-8,10-11,14-15H,3-6,9,12-13H2,1-2H3,(H,22,23)/b21-14-. The Kier molecular flexibility index (Phi) is 9.34. The number of hydrogen-bond donors (Lipinski definition) is 1. The summed E-state index contributed by atoms with van der Waals surface area (Å²) in [5.41, 5.74) is 4.46. The zero-order valence-electron chi connectivity index (χ0n) is 15.9. The lowest BCUT2D eigenvalue weighted by molar-refractivity contribution is -0.139. The summed E-state index contributed by atoms with van der Waals surface area (Å²) in [6, 6.07) is 7.82. The highest BCUT2D eigenvalue weighted by atomic mass is 32.1. The lowest BCUT2D eigenvalue weighted by atomic mass is 10.2. The van der Waals surface area contributed by atoms with Gasteiger partial charge < -0.3 is 9.47 Å². The summed E-state index contributed by atoms with van der Waals surface area (Å²) in [7, 11) is 1.36. The lowest BCUT2D eigenvalue weighted by Crippen LogP contribution is -2.04. The number of hydrogen-bond acceptors (Lipinski definition) is 7. The summed E-state index contributed by atoms with van der Waals surface area (Å²) >= 11 is 1.39. The minimum atomic E-state index is -0.309. The highest BCUT2D eigenvalue weighted by molar-refractivity contribution is 7.13. The largest absolute Gasteiger partial charge is 0.493 e. The van der Waals surface area contributed by atoms with Crippen LogP contribution in [0, 0.1) is 0 Å². The molecule has 2 aromatic rings. The molecule has 0 bridgehead atoms. The zero-order valence-corrected chi connectivity index (χ0v) is 16.8. The molecule has 1 N–H and O–H groups in total. The van der Waals surface area contributed by atoms with E-state index >= 15 is 0 Å². The molecule has 1 aromatic carbocycles. The van der Waals surface area contributed by atoms with E-state index in [2.05, 4.69) is 27.2 Å². The number of hydrazone groups is 1. The number of methoxy groups -OCH3 is 1. The van der Waals surface area contributed by atoms with Crippen LogP contribution in [-0.2, 0) is 16.0 Å². The van der Waals surface area contributed by atoms with Crippen molar-refractivity contribution in [3.05, 3.63) is 40.9 Å². The average molecular weight is 390 g/mol. The molecule has 0 saturated heterocycles. The maximum Gasteiger partial charge on any atom is 0.311 e. The second kappa shape index (κ2) is 12.1. The maximum absolute atomic E-state index is 11.3. The molecule has 146 valence electrons. The fourth-order valence-corrected chi connectivity index (χ4v) is 3.08. The average Bonchev–Trinajstić information content (AvgIpc) is 3.12. The van der Waals surface area contributed by atoms with E-state index in [4.69, 9.17) is 4.74 Å². The Morgan fingerprint density at radius 2 is 2.07 bits per heavy atom. The van der Waals surface area contributed by atoms with E-state index in [-0.39, 0.29) is 12.4 Å². The van der Waals surface area contributed by atoms with Gasteiger partial charge >= 0.3 is 5.97 Å². The smallest absolute Gasteiger partial charge is 0.311 e. The van der Waals surface area contributed by atoms with Crippen molar-refractivity contribution in [3.8, 4) is 5.75 Å². The summed E-state index contributed by atoms with van der Waals surface area (Å²) in [5, 5.41) is 6.67. The summed E-state index contributed by atoms with van der Waals surface area (Å²) in [6.07, 6.45) is 7.93. The quantitative estimate of drug-likeness (QED) is 0.247. The third-order valence-corrected chi connectivity index (χ3v) is 4.69. The van der Waals surface area contributed by atoms with Crippen LogP contribution in [0.25, 0.3) is 0 Å². The van der Waals surface area contributed by atoms with Crippen LogP contribution < -0.4 is 10.2 Å². The van der Waals surface area contributed by atoms with Gasteiger partial charge in [0, 0.05) is 10.9 Å². The van der Waals surface area contributed by atoms with Gasteiger partial charge in [-0.1, -0.05) is 44.7 Å². The van der Waals surface area contributed by atoms with Gasteiger partial charge in [0.15, 0.2) is 0 Å². The van der Waals surface area contributed by atoms with Crippen molar-refractivity contribution < 1.29 is 14.3 Å². The molecule has 6 nitrogen and oxygen atoms in total.